The Morgan fingerprint density at radius 1 is 0.750 bits per heavy atom. The first-order valence-corrected chi connectivity index (χ1v) is 10.1. The lowest BCUT2D eigenvalue weighted by atomic mass is 9.88. The van der Waals surface area contributed by atoms with Crippen molar-refractivity contribution in [2.24, 2.45) is 5.73 Å². The fraction of sp³-hybridized carbons (Fsp3) is 0.231. The fourth-order valence-corrected chi connectivity index (χ4v) is 3.48. The number of hydrogen-bond donors (Lipinski definition) is 1. The molecule has 3 rings (SSSR count). The average molecular weight is 372 g/mol. The molecule has 0 bridgehead atoms. The van der Waals surface area contributed by atoms with E-state index in [9.17, 15) is 0 Å². The van der Waals surface area contributed by atoms with Crippen molar-refractivity contribution in [2.45, 2.75) is 26.7 Å². The number of hydrogen-bond acceptors (Lipinski definition) is 2. The highest BCUT2D eigenvalue weighted by Crippen LogP contribution is 2.35. The minimum Gasteiger partial charge on any atom is -0.492 e. The predicted molar refractivity (Wildman–Crippen MR) is 119 cm³/mol. The van der Waals surface area contributed by atoms with Crippen molar-refractivity contribution in [1.29, 1.82) is 0 Å². The molecule has 0 spiro atoms. The second-order valence-electron chi connectivity index (χ2n) is 6.79. The van der Waals surface area contributed by atoms with Gasteiger partial charge < -0.3 is 10.5 Å². The molecule has 0 aromatic heterocycles. The third-order valence-corrected chi connectivity index (χ3v) is 4.96. The van der Waals surface area contributed by atoms with Crippen LogP contribution in [0.1, 0.15) is 42.5 Å². The van der Waals surface area contributed by atoms with E-state index >= 15 is 0 Å². The van der Waals surface area contributed by atoms with E-state index in [0.717, 1.165) is 18.6 Å². The Labute approximate surface area is 168 Å². The van der Waals surface area contributed by atoms with Crippen LogP contribution < -0.4 is 10.5 Å². The van der Waals surface area contributed by atoms with Gasteiger partial charge in [-0.25, -0.2) is 0 Å². The van der Waals surface area contributed by atoms with Crippen molar-refractivity contribution in [3.8, 4) is 5.75 Å². The van der Waals surface area contributed by atoms with Crippen LogP contribution in [0.2, 0.25) is 0 Å². The molecule has 2 nitrogen and oxygen atoms in total. The van der Waals surface area contributed by atoms with E-state index in [-0.39, 0.29) is 0 Å². The van der Waals surface area contributed by atoms with Crippen LogP contribution in [0.5, 0.6) is 5.75 Å². The molecule has 144 valence electrons. The molecule has 2 N–H and O–H groups in total. The summed E-state index contributed by atoms with van der Waals surface area (Å²) in [6.07, 6.45) is 2.02. The number of benzene rings is 3. The second kappa shape index (κ2) is 9.91. The van der Waals surface area contributed by atoms with Crippen molar-refractivity contribution in [1.82, 2.24) is 0 Å². The van der Waals surface area contributed by atoms with Crippen molar-refractivity contribution in [3.05, 3.63) is 101 Å². The molecule has 0 amide bonds. The van der Waals surface area contributed by atoms with Crippen LogP contribution >= 0.6 is 0 Å². The van der Waals surface area contributed by atoms with Gasteiger partial charge in [-0.3, -0.25) is 0 Å². The van der Waals surface area contributed by atoms with Gasteiger partial charge in [0.25, 0.3) is 0 Å². The lowest BCUT2D eigenvalue weighted by molar-refractivity contribution is 0.328. The maximum Gasteiger partial charge on any atom is 0.119 e. The normalized spacial score (nSPS) is 11.8. The van der Waals surface area contributed by atoms with Crippen LogP contribution in [0.3, 0.4) is 0 Å². The molecule has 0 fully saturated rings. The summed E-state index contributed by atoms with van der Waals surface area (Å²) in [4.78, 5) is 0. The summed E-state index contributed by atoms with van der Waals surface area (Å²) in [5, 5.41) is 0. The zero-order valence-corrected chi connectivity index (χ0v) is 16.8. The fourth-order valence-electron chi connectivity index (χ4n) is 3.48. The zero-order valence-electron chi connectivity index (χ0n) is 16.8. The number of nitrogens with two attached hydrogens (primary N) is 1. The molecular formula is C26H29NO. The first kappa shape index (κ1) is 19.9. The Bertz CT molecular complexity index is 893. The van der Waals surface area contributed by atoms with Gasteiger partial charge in [-0.15, -0.1) is 0 Å². The number of allylic oxidation sites excluding steroid dienone is 1. The Morgan fingerprint density at radius 2 is 1.36 bits per heavy atom. The molecule has 28 heavy (non-hydrogen) atoms. The molecule has 0 atom stereocenters. The van der Waals surface area contributed by atoms with E-state index in [1.54, 1.807) is 0 Å². The monoisotopic (exact) mass is 371 g/mol. The highest BCUT2D eigenvalue weighted by molar-refractivity contribution is 5.98. The van der Waals surface area contributed by atoms with Gasteiger partial charge in [0, 0.05) is 6.54 Å². The predicted octanol–water partition coefficient (Wildman–Crippen LogP) is 5.96. The van der Waals surface area contributed by atoms with Crippen LogP contribution in [0.4, 0.5) is 0 Å². The highest BCUT2D eigenvalue weighted by Gasteiger charge is 2.13. The molecular weight excluding hydrogens is 342 g/mol. The minimum atomic E-state index is 0.519. The van der Waals surface area contributed by atoms with Crippen molar-refractivity contribution in [2.75, 3.05) is 13.2 Å². The molecule has 0 aliphatic heterocycles. The number of ether oxygens (including phenoxy) is 1. The Hall–Kier alpha value is -2.84. The summed E-state index contributed by atoms with van der Waals surface area (Å²) in [7, 11) is 0. The van der Waals surface area contributed by atoms with Crippen LogP contribution in [-0.2, 0) is 6.42 Å². The summed E-state index contributed by atoms with van der Waals surface area (Å²) in [5.74, 6) is 0.854. The van der Waals surface area contributed by atoms with Gasteiger partial charge in [-0.05, 0) is 58.4 Å². The van der Waals surface area contributed by atoms with Crippen LogP contribution in [0, 0.1) is 0 Å². The Morgan fingerprint density at radius 3 is 1.93 bits per heavy atom. The lowest BCUT2D eigenvalue weighted by Crippen LogP contribution is -2.10. The largest absolute Gasteiger partial charge is 0.492 e. The van der Waals surface area contributed by atoms with E-state index in [1.807, 2.05) is 12.1 Å². The topological polar surface area (TPSA) is 35.2 Å². The van der Waals surface area contributed by atoms with E-state index in [0.29, 0.717) is 13.2 Å². The van der Waals surface area contributed by atoms with E-state index in [2.05, 4.69) is 80.6 Å². The highest BCUT2D eigenvalue weighted by atomic mass is 16.5. The summed E-state index contributed by atoms with van der Waals surface area (Å²) >= 11 is 0. The number of rotatable bonds is 8. The molecule has 0 aliphatic carbocycles. The molecule has 3 aromatic rings. The molecule has 2 heteroatoms. The van der Waals surface area contributed by atoms with E-state index < -0.39 is 0 Å². The van der Waals surface area contributed by atoms with Gasteiger partial charge in [0.15, 0.2) is 0 Å². The standard InChI is InChI=1S/C26H29NO/c1-3-20-10-12-21(13-11-20)25(4-2)26(22-8-6-5-7-9-22)23-14-16-24(17-15-23)28-19-18-27/h5-17H,3-4,18-19,27H2,1-2H3/b26-25-. The Balaban J connectivity index is 2.11. The quantitative estimate of drug-likeness (QED) is 0.496. The van der Waals surface area contributed by atoms with Gasteiger partial charge in [-0.1, -0.05) is 80.6 Å². The molecule has 0 heterocycles. The van der Waals surface area contributed by atoms with Crippen molar-refractivity contribution in [3.63, 3.8) is 0 Å². The molecule has 0 unspecified atom stereocenters. The summed E-state index contributed by atoms with van der Waals surface area (Å²) in [6.45, 7) is 5.47. The molecule has 3 aromatic carbocycles. The average Bonchev–Trinajstić information content (AvgIpc) is 2.77. The molecule has 0 radical (unpaired) electrons. The first-order valence-electron chi connectivity index (χ1n) is 10.1. The van der Waals surface area contributed by atoms with Gasteiger partial charge in [0.05, 0.1) is 0 Å². The SMILES string of the molecule is CC/C(=C(\c1ccccc1)c1ccc(OCCN)cc1)c1ccc(CC)cc1. The van der Waals surface area contributed by atoms with Gasteiger partial charge in [0.1, 0.15) is 12.4 Å². The van der Waals surface area contributed by atoms with Crippen molar-refractivity contribution < 1.29 is 4.74 Å². The third kappa shape index (κ3) is 4.71. The lowest BCUT2D eigenvalue weighted by Gasteiger charge is -2.17. The summed E-state index contributed by atoms with van der Waals surface area (Å²) < 4.78 is 5.65. The van der Waals surface area contributed by atoms with Gasteiger partial charge in [-0.2, -0.15) is 0 Å². The van der Waals surface area contributed by atoms with Crippen LogP contribution in [-0.4, -0.2) is 13.2 Å². The smallest absolute Gasteiger partial charge is 0.119 e. The maximum absolute atomic E-state index is 5.65. The van der Waals surface area contributed by atoms with Gasteiger partial charge >= 0.3 is 0 Å². The first-order chi connectivity index (χ1) is 13.8. The molecule has 0 saturated carbocycles. The van der Waals surface area contributed by atoms with E-state index in [1.165, 1.54) is 33.4 Å². The molecule has 0 saturated heterocycles. The van der Waals surface area contributed by atoms with Crippen LogP contribution in [0.25, 0.3) is 11.1 Å². The summed E-state index contributed by atoms with van der Waals surface area (Å²) in [6, 6.07) is 27.9. The third-order valence-electron chi connectivity index (χ3n) is 4.96. The zero-order chi connectivity index (χ0) is 19.8. The maximum atomic E-state index is 5.65. The van der Waals surface area contributed by atoms with Gasteiger partial charge in [0.2, 0.25) is 0 Å². The molecule has 0 aliphatic rings. The van der Waals surface area contributed by atoms with E-state index in [4.69, 9.17) is 10.5 Å². The summed E-state index contributed by atoms with van der Waals surface area (Å²) in [5.41, 5.74) is 13.2. The van der Waals surface area contributed by atoms with Crippen LogP contribution in [0.15, 0.2) is 78.9 Å². The van der Waals surface area contributed by atoms with Crippen molar-refractivity contribution >= 4 is 11.1 Å². The number of aryl methyl sites for hydroxylation is 1. The Kier molecular flexibility index (Phi) is 7.05. The minimum absolute atomic E-state index is 0.519. The second-order valence-corrected chi connectivity index (χ2v) is 6.79.